The zero-order valence-electron chi connectivity index (χ0n) is 12.0. The Balaban J connectivity index is 2.16. The number of hydrogen-bond donors (Lipinski definition) is 0. The fourth-order valence-corrected chi connectivity index (χ4v) is 2.78. The number of ether oxygens (including phenoxy) is 1. The molecule has 110 valence electrons. The minimum Gasteiger partial charge on any atom is -0.466 e. The summed E-state index contributed by atoms with van der Waals surface area (Å²) >= 11 is 0. The Kier molecular flexibility index (Phi) is 5.53. The van der Waals surface area contributed by atoms with Crippen LogP contribution < -0.4 is 0 Å². The molecule has 0 radical (unpaired) electrons. The van der Waals surface area contributed by atoms with Gasteiger partial charge in [0.2, 0.25) is 0 Å². The number of hydrogen-bond acceptors (Lipinski definition) is 3. The van der Waals surface area contributed by atoms with Gasteiger partial charge in [0.1, 0.15) is 5.82 Å². The predicted octanol–water partition coefficient (Wildman–Crippen LogP) is 3.31. The molecule has 2 rings (SSSR count). The van der Waals surface area contributed by atoms with E-state index in [-0.39, 0.29) is 24.2 Å². The van der Waals surface area contributed by atoms with Gasteiger partial charge in [-0.2, -0.15) is 0 Å². The summed E-state index contributed by atoms with van der Waals surface area (Å²) in [5, 5.41) is 0. The van der Waals surface area contributed by atoms with Crippen molar-refractivity contribution in [2.24, 2.45) is 0 Å². The minimum absolute atomic E-state index is 0.0787. The number of rotatable bonds is 5. The summed E-state index contributed by atoms with van der Waals surface area (Å²) in [6, 6.07) is 6.47. The molecule has 0 amide bonds. The van der Waals surface area contributed by atoms with Crippen LogP contribution >= 0.6 is 0 Å². The number of benzene rings is 1. The zero-order valence-corrected chi connectivity index (χ0v) is 12.0. The van der Waals surface area contributed by atoms with Crippen LogP contribution in [0.25, 0.3) is 0 Å². The van der Waals surface area contributed by atoms with Gasteiger partial charge in [0, 0.05) is 6.04 Å². The molecule has 1 aromatic rings. The fourth-order valence-electron chi connectivity index (χ4n) is 2.78. The molecule has 0 bridgehead atoms. The highest BCUT2D eigenvalue weighted by atomic mass is 19.1. The van der Waals surface area contributed by atoms with Gasteiger partial charge in [-0.3, -0.25) is 9.69 Å². The van der Waals surface area contributed by atoms with E-state index < -0.39 is 0 Å². The van der Waals surface area contributed by atoms with Gasteiger partial charge < -0.3 is 4.74 Å². The van der Waals surface area contributed by atoms with Crippen LogP contribution in [-0.4, -0.2) is 30.6 Å². The Morgan fingerprint density at radius 3 is 2.75 bits per heavy atom. The number of likely N-dealkylation sites (tertiary alicyclic amines) is 1. The smallest absolute Gasteiger partial charge is 0.307 e. The lowest BCUT2D eigenvalue weighted by Gasteiger charge is -2.34. The molecule has 3 nitrogen and oxygen atoms in total. The Labute approximate surface area is 119 Å². The maximum atomic E-state index is 13.4. The molecule has 1 aromatic carbocycles. The van der Waals surface area contributed by atoms with Crippen LogP contribution in [0.1, 0.15) is 44.2 Å². The van der Waals surface area contributed by atoms with Gasteiger partial charge in [0.25, 0.3) is 0 Å². The number of nitrogens with zero attached hydrogens (tertiary/aromatic N) is 1. The maximum absolute atomic E-state index is 13.4. The molecule has 1 saturated heterocycles. The van der Waals surface area contributed by atoms with Crippen molar-refractivity contribution in [2.45, 2.75) is 38.6 Å². The minimum atomic E-state index is -0.256. The van der Waals surface area contributed by atoms with E-state index in [0.29, 0.717) is 6.61 Å². The van der Waals surface area contributed by atoms with E-state index >= 15 is 0 Å². The molecule has 0 aromatic heterocycles. The normalized spacial score (nSPS) is 17.7. The number of esters is 1. The molecule has 1 atom stereocenters. The SMILES string of the molecule is CCOC(=O)CC(c1cccc(F)c1)N1CCCCC1. The van der Waals surface area contributed by atoms with Crippen molar-refractivity contribution in [1.29, 1.82) is 0 Å². The Morgan fingerprint density at radius 2 is 2.10 bits per heavy atom. The summed E-state index contributed by atoms with van der Waals surface area (Å²) < 4.78 is 18.5. The molecular weight excluding hydrogens is 257 g/mol. The molecule has 1 aliphatic rings. The van der Waals surface area contributed by atoms with E-state index in [4.69, 9.17) is 4.74 Å². The average molecular weight is 279 g/mol. The van der Waals surface area contributed by atoms with E-state index in [1.165, 1.54) is 18.6 Å². The largest absolute Gasteiger partial charge is 0.466 e. The predicted molar refractivity (Wildman–Crippen MR) is 75.8 cm³/mol. The monoisotopic (exact) mass is 279 g/mol. The van der Waals surface area contributed by atoms with Gasteiger partial charge in [0.05, 0.1) is 13.0 Å². The third-order valence-corrected chi connectivity index (χ3v) is 3.73. The number of carbonyl (C=O) groups excluding carboxylic acids is 1. The van der Waals surface area contributed by atoms with Gasteiger partial charge in [-0.15, -0.1) is 0 Å². The number of piperidine rings is 1. The van der Waals surface area contributed by atoms with E-state index in [9.17, 15) is 9.18 Å². The summed E-state index contributed by atoms with van der Waals surface area (Å²) in [5.74, 6) is -0.472. The second kappa shape index (κ2) is 7.39. The summed E-state index contributed by atoms with van der Waals surface area (Å²) in [7, 11) is 0. The van der Waals surface area contributed by atoms with Gasteiger partial charge in [0.15, 0.2) is 0 Å². The first kappa shape index (κ1) is 15.0. The van der Waals surface area contributed by atoms with Crippen molar-refractivity contribution in [3.8, 4) is 0 Å². The fraction of sp³-hybridized carbons (Fsp3) is 0.562. The Morgan fingerprint density at radius 1 is 1.35 bits per heavy atom. The average Bonchev–Trinajstić information content (AvgIpc) is 2.46. The topological polar surface area (TPSA) is 29.5 Å². The van der Waals surface area contributed by atoms with Crippen LogP contribution in [0.15, 0.2) is 24.3 Å². The second-order valence-electron chi connectivity index (χ2n) is 5.18. The van der Waals surface area contributed by atoms with Gasteiger partial charge in [-0.1, -0.05) is 18.6 Å². The summed E-state index contributed by atoms with van der Waals surface area (Å²) in [4.78, 5) is 14.1. The lowest BCUT2D eigenvalue weighted by Crippen LogP contribution is -2.35. The number of carbonyl (C=O) groups is 1. The van der Waals surface area contributed by atoms with Gasteiger partial charge in [-0.25, -0.2) is 4.39 Å². The van der Waals surface area contributed by atoms with Crippen LogP contribution in [-0.2, 0) is 9.53 Å². The highest BCUT2D eigenvalue weighted by Gasteiger charge is 2.25. The molecule has 4 heteroatoms. The van der Waals surface area contributed by atoms with Crippen molar-refractivity contribution in [1.82, 2.24) is 4.90 Å². The van der Waals surface area contributed by atoms with Crippen LogP contribution in [0, 0.1) is 5.82 Å². The highest BCUT2D eigenvalue weighted by molar-refractivity contribution is 5.70. The van der Waals surface area contributed by atoms with Gasteiger partial charge >= 0.3 is 5.97 Å². The lowest BCUT2D eigenvalue weighted by molar-refractivity contribution is -0.144. The van der Waals surface area contributed by atoms with Crippen LogP contribution in [0.4, 0.5) is 4.39 Å². The summed E-state index contributed by atoms with van der Waals surface area (Å²) in [5.41, 5.74) is 0.861. The number of halogens is 1. The quantitative estimate of drug-likeness (QED) is 0.774. The van der Waals surface area contributed by atoms with Crippen molar-refractivity contribution >= 4 is 5.97 Å². The maximum Gasteiger partial charge on any atom is 0.307 e. The molecule has 1 unspecified atom stereocenters. The third-order valence-electron chi connectivity index (χ3n) is 3.73. The standard InChI is InChI=1S/C16H22FNO2/c1-2-20-16(19)12-15(18-9-4-3-5-10-18)13-7-6-8-14(17)11-13/h6-8,11,15H,2-5,9-10,12H2,1H3. The summed E-state index contributed by atoms with van der Waals surface area (Å²) in [6.45, 7) is 4.10. The lowest BCUT2D eigenvalue weighted by atomic mass is 9.99. The highest BCUT2D eigenvalue weighted by Crippen LogP contribution is 2.28. The zero-order chi connectivity index (χ0) is 14.4. The summed E-state index contributed by atoms with van der Waals surface area (Å²) in [6.07, 6.45) is 3.78. The first-order chi connectivity index (χ1) is 9.70. The van der Waals surface area contributed by atoms with Crippen LogP contribution in [0.5, 0.6) is 0 Å². The van der Waals surface area contributed by atoms with Crippen molar-refractivity contribution < 1.29 is 13.9 Å². The Bertz CT molecular complexity index is 444. The van der Waals surface area contributed by atoms with Crippen molar-refractivity contribution in [3.63, 3.8) is 0 Å². The molecule has 1 heterocycles. The molecule has 1 aliphatic heterocycles. The molecule has 1 fully saturated rings. The van der Waals surface area contributed by atoms with Crippen molar-refractivity contribution in [3.05, 3.63) is 35.6 Å². The van der Waals surface area contributed by atoms with Crippen LogP contribution in [0.2, 0.25) is 0 Å². The van der Waals surface area contributed by atoms with Gasteiger partial charge in [-0.05, 0) is 50.6 Å². The molecule has 0 N–H and O–H groups in total. The second-order valence-corrected chi connectivity index (χ2v) is 5.18. The van der Waals surface area contributed by atoms with E-state index in [1.54, 1.807) is 13.0 Å². The van der Waals surface area contributed by atoms with E-state index in [2.05, 4.69) is 4.90 Å². The molecule has 0 spiro atoms. The molecule has 0 aliphatic carbocycles. The first-order valence-electron chi connectivity index (χ1n) is 7.36. The van der Waals surface area contributed by atoms with E-state index in [0.717, 1.165) is 31.5 Å². The van der Waals surface area contributed by atoms with E-state index in [1.807, 2.05) is 6.07 Å². The molecule has 0 saturated carbocycles. The van der Waals surface area contributed by atoms with Crippen LogP contribution in [0.3, 0.4) is 0 Å². The third kappa shape index (κ3) is 4.04. The first-order valence-corrected chi connectivity index (χ1v) is 7.36. The van der Waals surface area contributed by atoms with Crippen molar-refractivity contribution in [2.75, 3.05) is 19.7 Å². The molecular formula is C16H22FNO2. The molecule has 20 heavy (non-hydrogen) atoms. The Hall–Kier alpha value is -1.42.